The van der Waals surface area contributed by atoms with Gasteiger partial charge in [-0.15, -0.1) is 0 Å². The van der Waals surface area contributed by atoms with Crippen molar-refractivity contribution < 1.29 is 9.94 Å². The lowest BCUT2D eigenvalue weighted by Crippen LogP contribution is -2.48. The minimum absolute atomic E-state index is 0.140. The summed E-state index contributed by atoms with van der Waals surface area (Å²) in [4.78, 5) is 2.26. The van der Waals surface area contributed by atoms with Gasteiger partial charge < -0.3 is 20.6 Å². The molecular formula is C14H21N3O2. The van der Waals surface area contributed by atoms with Crippen LogP contribution in [0.2, 0.25) is 0 Å². The van der Waals surface area contributed by atoms with Crippen LogP contribution in [0.25, 0.3) is 0 Å². The van der Waals surface area contributed by atoms with E-state index in [1.807, 2.05) is 19.1 Å². The zero-order valence-corrected chi connectivity index (χ0v) is 11.6. The molecule has 104 valence electrons. The minimum Gasteiger partial charge on any atom is -0.409 e. The first kappa shape index (κ1) is 13.7. The number of anilines is 1. The highest BCUT2D eigenvalue weighted by atomic mass is 16.5. The third-order valence-corrected chi connectivity index (χ3v) is 3.45. The van der Waals surface area contributed by atoms with Crippen LogP contribution in [0.15, 0.2) is 23.4 Å². The number of aryl methyl sites for hydroxylation is 1. The first-order chi connectivity index (χ1) is 9.02. The summed E-state index contributed by atoms with van der Waals surface area (Å²) in [5.74, 6) is 0.140. The van der Waals surface area contributed by atoms with Crippen molar-refractivity contribution >= 4 is 11.5 Å². The van der Waals surface area contributed by atoms with E-state index in [1.165, 1.54) is 0 Å². The molecular weight excluding hydrogens is 242 g/mol. The maximum absolute atomic E-state index is 8.92. The van der Waals surface area contributed by atoms with Gasteiger partial charge in [0.15, 0.2) is 5.84 Å². The number of rotatable bonds is 2. The second kappa shape index (κ2) is 5.48. The molecule has 0 bridgehead atoms. The van der Waals surface area contributed by atoms with E-state index in [2.05, 4.69) is 30.0 Å². The highest BCUT2D eigenvalue weighted by molar-refractivity contribution is 6.02. The van der Waals surface area contributed by atoms with Gasteiger partial charge in [0, 0.05) is 23.8 Å². The van der Waals surface area contributed by atoms with Crippen molar-refractivity contribution in [3.63, 3.8) is 0 Å². The van der Waals surface area contributed by atoms with Gasteiger partial charge in [0.05, 0.1) is 12.7 Å². The van der Waals surface area contributed by atoms with Crippen molar-refractivity contribution in [3.8, 4) is 0 Å². The van der Waals surface area contributed by atoms with Crippen LogP contribution in [0.1, 0.15) is 25.0 Å². The minimum atomic E-state index is 0.140. The SMILES string of the molecule is Cc1ccc(C(N)=NO)c(N2CC(C)OCC2C)c1. The van der Waals surface area contributed by atoms with Crippen molar-refractivity contribution in [2.75, 3.05) is 18.1 Å². The van der Waals surface area contributed by atoms with E-state index in [1.54, 1.807) is 0 Å². The average Bonchev–Trinajstić information content (AvgIpc) is 2.40. The topological polar surface area (TPSA) is 71.1 Å². The van der Waals surface area contributed by atoms with Crippen molar-refractivity contribution in [1.82, 2.24) is 0 Å². The summed E-state index contributed by atoms with van der Waals surface area (Å²) in [6, 6.07) is 6.20. The largest absolute Gasteiger partial charge is 0.409 e. The molecule has 2 atom stereocenters. The molecule has 5 nitrogen and oxygen atoms in total. The molecule has 1 aliphatic rings. The fourth-order valence-electron chi connectivity index (χ4n) is 2.39. The van der Waals surface area contributed by atoms with E-state index in [4.69, 9.17) is 15.7 Å². The standard InChI is InChI=1S/C14H21N3O2/c1-9-4-5-12(14(15)16-18)13(6-9)17-7-11(3)19-8-10(17)2/h4-6,10-11,18H,7-8H2,1-3H3,(H2,15,16). The lowest BCUT2D eigenvalue weighted by atomic mass is 10.0. The highest BCUT2D eigenvalue weighted by Gasteiger charge is 2.26. The van der Waals surface area contributed by atoms with E-state index in [9.17, 15) is 0 Å². The van der Waals surface area contributed by atoms with Crippen molar-refractivity contribution in [2.45, 2.75) is 32.9 Å². The summed E-state index contributed by atoms with van der Waals surface area (Å²) in [6.07, 6.45) is 0.178. The Morgan fingerprint density at radius 2 is 2.21 bits per heavy atom. The molecule has 19 heavy (non-hydrogen) atoms. The van der Waals surface area contributed by atoms with E-state index in [0.29, 0.717) is 6.61 Å². The highest BCUT2D eigenvalue weighted by Crippen LogP contribution is 2.27. The molecule has 0 radical (unpaired) electrons. The van der Waals surface area contributed by atoms with E-state index in [0.717, 1.165) is 23.4 Å². The van der Waals surface area contributed by atoms with E-state index >= 15 is 0 Å². The molecule has 1 fully saturated rings. The molecule has 5 heteroatoms. The third kappa shape index (κ3) is 2.81. The van der Waals surface area contributed by atoms with Crippen LogP contribution in [0, 0.1) is 6.92 Å². The third-order valence-electron chi connectivity index (χ3n) is 3.45. The van der Waals surface area contributed by atoms with Crippen LogP contribution in [0.5, 0.6) is 0 Å². The number of ether oxygens (including phenoxy) is 1. The molecule has 0 saturated carbocycles. The number of morpholine rings is 1. The molecule has 0 aromatic heterocycles. The average molecular weight is 263 g/mol. The maximum atomic E-state index is 8.92. The Morgan fingerprint density at radius 3 is 2.89 bits per heavy atom. The molecule has 2 unspecified atom stereocenters. The van der Waals surface area contributed by atoms with Crippen molar-refractivity contribution in [2.24, 2.45) is 10.9 Å². The predicted molar refractivity (Wildman–Crippen MR) is 75.9 cm³/mol. The van der Waals surface area contributed by atoms with Crippen molar-refractivity contribution in [3.05, 3.63) is 29.3 Å². The maximum Gasteiger partial charge on any atom is 0.172 e. The summed E-state index contributed by atoms with van der Waals surface area (Å²) in [5, 5.41) is 12.0. The number of hydrogen-bond donors (Lipinski definition) is 2. The summed E-state index contributed by atoms with van der Waals surface area (Å²) < 4.78 is 5.65. The van der Waals surface area contributed by atoms with Gasteiger partial charge >= 0.3 is 0 Å². The molecule has 3 N–H and O–H groups in total. The van der Waals surface area contributed by atoms with Crippen LogP contribution in [-0.4, -0.2) is 36.3 Å². The lowest BCUT2D eigenvalue weighted by Gasteiger charge is -2.39. The fraction of sp³-hybridized carbons (Fsp3) is 0.500. The van der Waals surface area contributed by atoms with Crippen LogP contribution in [0.4, 0.5) is 5.69 Å². The summed E-state index contributed by atoms with van der Waals surface area (Å²) in [6.45, 7) is 7.69. The van der Waals surface area contributed by atoms with Crippen molar-refractivity contribution in [1.29, 1.82) is 0 Å². The lowest BCUT2D eigenvalue weighted by molar-refractivity contribution is 0.0343. The van der Waals surface area contributed by atoms with Gasteiger partial charge in [0.1, 0.15) is 0 Å². The fourth-order valence-corrected chi connectivity index (χ4v) is 2.39. The van der Waals surface area contributed by atoms with Gasteiger partial charge in [0.25, 0.3) is 0 Å². The number of nitrogens with two attached hydrogens (primary N) is 1. The van der Waals surface area contributed by atoms with Crippen LogP contribution >= 0.6 is 0 Å². The molecule has 1 aromatic carbocycles. The smallest absolute Gasteiger partial charge is 0.172 e. The van der Waals surface area contributed by atoms with Gasteiger partial charge in [-0.2, -0.15) is 0 Å². The number of nitrogens with zero attached hydrogens (tertiary/aromatic N) is 2. The number of benzene rings is 1. The number of hydrogen-bond acceptors (Lipinski definition) is 4. The molecule has 1 heterocycles. The van der Waals surface area contributed by atoms with Gasteiger partial charge in [-0.3, -0.25) is 0 Å². The number of amidine groups is 1. The van der Waals surface area contributed by atoms with E-state index < -0.39 is 0 Å². The van der Waals surface area contributed by atoms with Gasteiger partial charge in [-0.25, -0.2) is 0 Å². The Bertz CT molecular complexity index is 488. The first-order valence-corrected chi connectivity index (χ1v) is 6.49. The van der Waals surface area contributed by atoms with E-state index in [-0.39, 0.29) is 18.0 Å². The zero-order valence-electron chi connectivity index (χ0n) is 11.6. The molecule has 0 aliphatic carbocycles. The molecule has 2 rings (SSSR count). The Balaban J connectivity index is 2.44. The molecule has 1 aliphatic heterocycles. The summed E-state index contributed by atoms with van der Waals surface area (Å²) in [7, 11) is 0. The van der Waals surface area contributed by atoms with Gasteiger partial charge in [-0.05, 0) is 38.5 Å². The normalized spacial score (nSPS) is 24.6. The predicted octanol–water partition coefficient (Wildman–Crippen LogP) is 1.70. The van der Waals surface area contributed by atoms with Gasteiger partial charge in [0.2, 0.25) is 0 Å². The van der Waals surface area contributed by atoms with Crippen LogP contribution in [0.3, 0.4) is 0 Å². The second-order valence-electron chi connectivity index (χ2n) is 5.15. The quantitative estimate of drug-likeness (QED) is 0.369. The number of oxime groups is 1. The Hall–Kier alpha value is -1.75. The van der Waals surface area contributed by atoms with Crippen LogP contribution in [-0.2, 0) is 4.74 Å². The first-order valence-electron chi connectivity index (χ1n) is 6.49. The molecule has 1 aromatic rings. The zero-order chi connectivity index (χ0) is 14.0. The molecule has 1 saturated heterocycles. The Labute approximate surface area is 113 Å². The van der Waals surface area contributed by atoms with Gasteiger partial charge in [-0.1, -0.05) is 11.2 Å². The Kier molecular flexibility index (Phi) is 3.95. The second-order valence-corrected chi connectivity index (χ2v) is 5.15. The Morgan fingerprint density at radius 1 is 1.47 bits per heavy atom. The van der Waals surface area contributed by atoms with Crippen LogP contribution < -0.4 is 10.6 Å². The molecule has 0 amide bonds. The summed E-state index contributed by atoms with van der Waals surface area (Å²) >= 11 is 0. The molecule has 0 spiro atoms. The summed E-state index contributed by atoms with van der Waals surface area (Å²) in [5.41, 5.74) is 8.68. The monoisotopic (exact) mass is 263 g/mol.